The Morgan fingerprint density at radius 3 is 2.05 bits per heavy atom. The first-order valence-corrected chi connectivity index (χ1v) is 15.2. The van der Waals surface area contributed by atoms with Crippen LogP contribution in [-0.4, -0.2) is 44.3 Å². The maximum Gasteiger partial charge on any atom is 0.343 e. The summed E-state index contributed by atoms with van der Waals surface area (Å²) < 4.78 is 16.2. The van der Waals surface area contributed by atoms with Crippen molar-refractivity contribution in [3.05, 3.63) is 53.6 Å². The zero-order valence-corrected chi connectivity index (χ0v) is 25.4. The van der Waals surface area contributed by atoms with E-state index in [1.54, 1.807) is 42.5 Å². The molecule has 2 N–H and O–H groups in total. The van der Waals surface area contributed by atoms with Crippen LogP contribution in [0.1, 0.15) is 107 Å². The van der Waals surface area contributed by atoms with Crippen molar-refractivity contribution in [3.8, 4) is 17.2 Å². The summed E-state index contributed by atoms with van der Waals surface area (Å²) in [6.45, 7) is 4.52. The monoisotopic (exact) mass is 581 g/mol. The van der Waals surface area contributed by atoms with Gasteiger partial charge in [0.2, 0.25) is 5.91 Å². The molecule has 42 heavy (non-hydrogen) atoms. The molecule has 2 rings (SSSR count). The Hall–Kier alpha value is -3.88. The van der Waals surface area contributed by atoms with E-state index < -0.39 is 11.9 Å². The Morgan fingerprint density at radius 2 is 1.43 bits per heavy atom. The van der Waals surface area contributed by atoms with E-state index in [1.165, 1.54) is 64.7 Å². The minimum atomic E-state index is -0.532. The van der Waals surface area contributed by atoms with Crippen molar-refractivity contribution >= 4 is 24.0 Å². The Morgan fingerprint density at radius 1 is 0.786 bits per heavy atom. The number of hydrogen-bond donors (Lipinski definition) is 2. The number of nitrogens with one attached hydrogen (secondary N) is 2. The predicted molar refractivity (Wildman–Crippen MR) is 165 cm³/mol. The fourth-order valence-corrected chi connectivity index (χ4v) is 4.30. The molecular formula is C33H47N3O6. The molecule has 0 aliphatic rings. The van der Waals surface area contributed by atoms with E-state index in [0.717, 1.165) is 19.3 Å². The SMILES string of the molecule is CCCCCCCCCCCCCC(=O)NCC(=O)N/N=C/c1ccc(OC(=O)c2ccc(OCC)cc2)c(OC)c1. The number of esters is 1. The zero-order valence-electron chi connectivity index (χ0n) is 25.4. The lowest BCUT2D eigenvalue weighted by Gasteiger charge is -2.10. The molecule has 0 aliphatic carbocycles. The van der Waals surface area contributed by atoms with Crippen molar-refractivity contribution in [2.24, 2.45) is 5.10 Å². The summed E-state index contributed by atoms with van der Waals surface area (Å²) in [7, 11) is 1.46. The average Bonchev–Trinajstić information content (AvgIpc) is 3.00. The van der Waals surface area contributed by atoms with Gasteiger partial charge in [-0.15, -0.1) is 0 Å². The van der Waals surface area contributed by atoms with E-state index in [0.29, 0.717) is 35.7 Å². The first-order chi connectivity index (χ1) is 20.5. The normalized spacial score (nSPS) is 10.8. The second-order valence-corrected chi connectivity index (χ2v) is 10.1. The average molecular weight is 582 g/mol. The molecule has 0 saturated carbocycles. The van der Waals surface area contributed by atoms with Gasteiger partial charge in [0.05, 0.1) is 32.0 Å². The molecule has 0 radical (unpaired) electrons. The highest BCUT2D eigenvalue weighted by molar-refractivity contribution is 5.92. The maximum atomic E-state index is 12.5. The Kier molecular flexibility index (Phi) is 17.1. The zero-order chi connectivity index (χ0) is 30.4. The second kappa shape index (κ2) is 20.9. The van der Waals surface area contributed by atoms with Crippen molar-refractivity contribution in [3.63, 3.8) is 0 Å². The first-order valence-electron chi connectivity index (χ1n) is 15.2. The van der Waals surface area contributed by atoms with Crippen molar-refractivity contribution < 1.29 is 28.6 Å². The molecule has 9 nitrogen and oxygen atoms in total. The maximum absolute atomic E-state index is 12.5. The van der Waals surface area contributed by atoms with Gasteiger partial charge in [-0.25, -0.2) is 10.2 Å². The quantitative estimate of drug-likeness (QED) is 0.0566. The molecule has 0 saturated heterocycles. The smallest absolute Gasteiger partial charge is 0.343 e. The molecule has 230 valence electrons. The minimum absolute atomic E-state index is 0.134. The first kappa shape index (κ1) is 34.3. The third-order valence-corrected chi connectivity index (χ3v) is 6.65. The lowest BCUT2D eigenvalue weighted by atomic mass is 10.1. The minimum Gasteiger partial charge on any atom is -0.494 e. The van der Waals surface area contributed by atoms with Gasteiger partial charge in [-0.05, 0) is 61.4 Å². The van der Waals surface area contributed by atoms with Gasteiger partial charge in [0.25, 0.3) is 5.91 Å². The van der Waals surface area contributed by atoms with Crippen LogP contribution in [0.2, 0.25) is 0 Å². The summed E-state index contributed by atoms with van der Waals surface area (Å²) in [5.74, 6) is 0.161. The highest BCUT2D eigenvalue weighted by atomic mass is 16.6. The lowest BCUT2D eigenvalue weighted by molar-refractivity contribution is -0.126. The number of carbonyl (C=O) groups excluding carboxylic acids is 3. The van der Waals surface area contributed by atoms with Crippen LogP contribution in [0.15, 0.2) is 47.6 Å². The van der Waals surface area contributed by atoms with E-state index in [9.17, 15) is 14.4 Å². The standard InChI is InChI=1S/C33H47N3O6/c1-4-6-7-8-9-10-11-12-13-14-15-16-31(37)34-25-32(38)36-35-24-26-17-22-29(30(23-26)40-3)42-33(39)27-18-20-28(21-19-27)41-5-2/h17-24H,4-16,25H2,1-3H3,(H,34,37)(H,36,38)/b35-24+. The molecule has 2 aromatic rings. The van der Waals surface area contributed by atoms with Gasteiger partial charge in [0, 0.05) is 6.42 Å². The molecule has 2 aromatic carbocycles. The van der Waals surface area contributed by atoms with Crippen LogP contribution in [0.25, 0.3) is 0 Å². The van der Waals surface area contributed by atoms with E-state index >= 15 is 0 Å². The van der Waals surface area contributed by atoms with E-state index in [2.05, 4.69) is 22.8 Å². The van der Waals surface area contributed by atoms with Crippen LogP contribution in [0.4, 0.5) is 0 Å². The number of unbranched alkanes of at least 4 members (excludes halogenated alkanes) is 10. The van der Waals surface area contributed by atoms with Crippen LogP contribution in [0.3, 0.4) is 0 Å². The van der Waals surface area contributed by atoms with E-state index in [4.69, 9.17) is 14.2 Å². The van der Waals surface area contributed by atoms with Gasteiger partial charge in [-0.2, -0.15) is 5.10 Å². The van der Waals surface area contributed by atoms with Crippen LogP contribution in [0.5, 0.6) is 17.2 Å². The second-order valence-electron chi connectivity index (χ2n) is 10.1. The number of hydrogen-bond acceptors (Lipinski definition) is 7. The van der Waals surface area contributed by atoms with Gasteiger partial charge >= 0.3 is 5.97 Å². The van der Waals surface area contributed by atoms with Crippen LogP contribution >= 0.6 is 0 Å². The lowest BCUT2D eigenvalue weighted by Crippen LogP contribution is -2.34. The fraction of sp³-hybridized carbons (Fsp3) is 0.515. The number of hydrazone groups is 1. The molecular weight excluding hydrogens is 534 g/mol. The Balaban J connectivity index is 1.65. The van der Waals surface area contributed by atoms with Gasteiger partial charge in [0.1, 0.15) is 5.75 Å². The third-order valence-electron chi connectivity index (χ3n) is 6.65. The molecule has 0 bridgehead atoms. The molecule has 0 atom stereocenters. The number of benzene rings is 2. The Labute approximate surface area is 250 Å². The molecule has 2 amide bonds. The number of amides is 2. The van der Waals surface area contributed by atoms with Crippen molar-refractivity contribution in [1.29, 1.82) is 0 Å². The molecule has 0 fully saturated rings. The van der Waals surface area contributed by atoms with Gasteiger partial charge in [-0.3, -0.25) is 9.59 Å². The summed E-state index contributed by atoms with van der Waals surface area (Å²) in [5.41, 5.74) is 3.39. The van der Waals surface area contributed by atoms with Crippen molar-refractivity contribution in [1.82, 2.24) is 10.7 Å². The highest BCUT2D eigenvalue weighted by Gasteiger charge is 2.13. The summed E-state index contributed by atoms with van der Waals surface area (Å²) in [6.07, 6.45) is 15.3. The molecule has 0 unspecified atom stereocenters. The van der Waals surface area contributed by atoms with Crippen LogP contribution < -0.4 is 25.0 Å². The number of rotatable bonds is 21. The van der Waals surface area contributed by atoms with Gasteiger partial charge < -0.3 is 19.5 Å². The topological polar surface area (TPSA) is 115 Å². The number of ether oxygens (including phenoxy) is 3. The summed E-state index contributed by atoms with van der Waals surface area (Å²) in [6, 6.07) is 11.6. The molecule has 0 heterocycles. The van der Waals surface area contributed by atoms with Crippen molar-refractivity contribution in [2.75, 3.05) is 20.3 Å². The Bertz CT molecular complexity index is 1120. The summed E-state index contributed by atoms with van der Waals surface area (Å²) >= 11 is 0. The number of methoxy groups -OCH3 is 1. The third kappa shape index (κ3) is 14.1. The largest absolute Gasteiger partial charge is 0.494 e. The van der Waals surface area contributed by atoms with Crippen molar-refractivity contribution in [2.45, 2.75) is 90.9 Å². The number of carbonyl (C=O) groups is 3. The molecule has 0 aromatic heterocycles. The van der Waals surface area contributed by atoms with E-state index in [1.807, 2.05) is 6.92 Å². The van der Waals surface area contributed by atoms with Gasteiger partial charge in [0.15, 0.2) is 11.5 Å². The van der Waals surface area contributed by atoms with E-state index in [-0.39, 0.29) is 18.2 Å². The summed E-state index contributed by atoms with van der Waals surface area (Å²) in [5, 5.41) is 6.57. The van der Waals surface area contributed by atoms with Crippen LogP contribution in [-0.2, 0) is 9.59 Å². The number of nitrogens with zero attached hydrogens (tertiary/aromatic N) is 1. The summed E-state index contributed by atoms with van der Waals surface area (Å²) in [4.78, 5) is 36.6. The van der Waals surface area contributed by atoms with Crippen LogP contribution in [0, 0.1) is 0 Å². The van der Waals surface area contributed by atoms with Gasteiger partial charge in [-0.1, -0.05) is 71.1 Å². The fourth-order valence-electron chi connectivity index (χ4n) is 4.30. The molecule has 0 aliphatic heterocycles. The molecule has 9 heteroatoms. The molecule has 0 spiro atoms. The highest BCUT2D eigenvalue weighted by Crippen LogP contribution is 2.28. The predicted octanol–water partition coefficient (Wildman–Crippen LogP) is 6.58.